The Balaban J connectivity index is 2.45. The number of carboxylic acids is 1. The van der Waals surface area contributed by atoms with Gasteiger partial charge in [-0.25, -0.2) is 4.79 Å². The van der Waals surface area contributed by atoms with Gasteiger partial charge in [0.15, 0.2) is 0 Å². The summed E-state index contributed by atoms with van der Waals surface area (Å²) < 4.78 is 0. The molecule has 1 heterocycles. The van der Waals surface area contributed by atoms with Crippen LogP contribution >= 0.6 is 11.3 Å². The van der Waals surface area contributed by atoms with Crippen LogP contribution in [0.25, 0.3) is 6.08 Å². The molecule has 0 unspecified atom stereocenters. The topological polar surface area (TPSA) is 37.3 Å². The van der Waals surface area contributed by atoms with Gasteiger partial charge in [-0.15, -0.1) is 11.3 Å². The molecule has 1 aromatic heterocycles. The Bertz CT molecular complexity index is 339. The minimum Gasteiger partial charge on any atom is -0.478 e. The maximum absolute atomic E-state index is 10.3. The number of thiophene rings is 1. The van der Waals surface area contributed by atoms with Crippen LogP contribution in [0.2, 0.25) is 0 Å². The van der Waals surface area contributed by atoms with E-state index in [4.69, 9.17) is 5.11 Å². The molecule has 1 N–H and O–H groups in total. The van der Waals surface area contributed by atoms with E-state index in [1.165, 1.54) is 30.2 Å². The van der Waals surface area contributed by atoms with Gasteiger partial charge in [0.05, 0.1) is 0 Å². The highest BCUT2D eigenvalue weighted by Gasteiger charge is 1.97. The van der Waals surface area contributed by atoms with Crippen molar-refractivity contribution in [3.63, 3.8) is 0 Å². The number of carboxylic acid groups (broad SMARTS) is 1. The fourth-order valence-corrected chi connectivity index (χ4v) is 2.28. The molecule has 0 aliphatic heterocycles. The first-order chi connectivity index (χ1) is 7.22. The molecule has 1 rings (SSSR count). The van der Waals surface area contributed by atoms with E-state index in [1.54, 1.807) is 17.4 Å². The highest BCUT2D eigenvalue weighted by molar-refractivity contribution is 7.12. The first-order valence-electron chi connectivity index (χ1n) is 5.22. The summed E-state index contributed by atoms with van der Waals surface area (Å²) in [6.07, 6.45) is 7.66. The SMILES string of the molecule is CCCCCc1ccc(C=CC(=O)O)s1. The van der Waals surface area contributed by atoms with Crippen molar-refractivity contribution < 1.29 is 9.90 Å². The Hall–Kier alpha value is -1.09. The molecular weight excluding hydrogens is 208 g/mol. The van der Waals surface area contributed by atoms with E-state index in [0.29, 0.717) is 0 Å². The van der Waals surface area contributed by atoms with Gasteiger partial charge in [0.2, 0.25) is 0 Å². The standard InChI is InChI=1S/C12H16O2S/c1-2-3-4-5-10-6-7-11(15-10)8-9-12(13)14/h6-9H,2-5H2,1H3,(H,13,14). The van der Waals surface area contributed by atoms with Crippen molar-refractivity contribution in [2.45, 2.75) is 32.6 Å². The number of aliphatic carboxylic acids is 1. The van der Waals surface area contributed by atoms with E-state index in [0.717, 1.165) is 11.3 Å². The molecule has 0 fully saturated rings. The lowest BCUT2D eigenvalue weighted by Crippen LogP contribution is -1.84. The second kappa shape index (κ2) is 6.40. The maximum atomic E-state index is 10.3. The van der Waals surface area contributed by atoms with Crippen LogP contribution < -0.4 is 0 Å². The summed E-state index contributed by atoms with van der Waals surface area (Å²) in [4.78, 5) is 12.7. The minimum absolute atomic E-state index is 0.893. The Kier molecular flexibility index (Phi) is 5.12. The van der Waals surface area contributed by atoms with E-state index in [9.17, 15) is 4.79 Å². The van der Waals surface area contributed by atoms with Gasteiger partial charge in [0.25, 0.3) is 0 Å². The second-order valence-corrected chi connectivity index (χ2v) is 4.63. The van der Waals surface area contributed by atoms with Crippen LogP contribution in [-0.4, -0.2) is 11.1 Å². The molecular formula is C12H16O2S. The van der Waals surface area contributed by atoms with E-state index in [-0.39, 0.29) is 0 Å². The smallest absolute Gasteiger partial charge is 0.328 e. The predicted molar refractivity (Wildman–Crippen MR) is 64.2 cm³/mol. The van der Waals surface area contributed by atoms with E-state index >= 15 is 0 Å². The normalized spacial score (nSPS) is 11.0. The van der Waals surface area contributed by atoms with E-state index in [2.05, 4.69) is 13.0 Å². The fraction of sp³-hybridized carbons (Fsp3) is 0.417. The monoisotopic (exact) mass is 224 g/mol. The van der Waals surface area contributed by atoms with E-state index in [1.807, 2.05) is 6.07 Å². The molecule has 0 atom stereocenters. The zero-order valence-corrected chi connectivity index (χ0v) is 9.72. The lowest BCUT2D eigenvalue weighted by atomic mass is 10.2. The van der Waals surface area contributed by atoms with Crippen molar-refractivity contribution in [2.75, 3.05) is 0 Å². The first kappa shape index (κ1) is 12.0. The van der Waals surface area contributed by atoms with Crippen molar-refractivity contribution in [3.8, 4) is 0 Å². The van der Waals surface area contributed by atoms with Crippen LogP contribution in [0.1, 0.15) is 35.9 Å². The van der Waals surface area contributed by atoms with Gasteiger partial charge < -0.3 is 5.11 Å². The zero-order chi connectivity index (χ0) is 11.1. The number of hydrogen-bond donors (Lipinski definition) is 1. The van der Waals surface area contributed by atoms with Crippen LogP contribution in [0.3, 0.4) is 0 Å². The molecule has 1 aromatic rings. The summed E-state index contributed by atoms with van der Waals surface area (Å²) in [5, 5.41) is 8.47. The second-order valence-electron chi connectivity index (χ2n) is 3.43. The van der Waals surface area contributed by atoms with Gasteiger partial charge in [0.1, 0.15) is 0 Å². The molecule has 2 nitrogen and oxygen atoms in total. The average Bonchev–Trinajstić information content (AvgIpc) is 2.63. The molecule has 0 aliphatic rings. The number of unbranched alkanes of at least 4 members (excludes halogenated alkanes) is 2. The molecule has 0 spiro atoms. The van der Waals surface area contributed by atoms with E-state index < -0.39 is 5.97 Å². The zero-order valence-electron chi connectivity index (χ0n) is 8.90. The molecule has 0 amide bonds. The van der Waals surface area contributed by atoms with Crippen LogP contribution in [0, 0.1) is 0 Å². The molecule has 15 heavy (non-hydrogen) atoms. The lowest BCUT2D eigenvalue weighted by molar-refractivity contribution is -0.131. The van der Waals surface area contributed by atoms with Gasteiger partial charge in [-0.1, -0.05) is 19.8 Å². The molecule has 82 valence electrons. The van der Waals surface area contributed by atoms with Crippen LogP contribution in [0.5, 0.6) is 0 Å². The predicted octanol–water partition coefficient (Wildman–Crippen LogP) is 3.58. The van der Waals surface area contributed by atoms with Crippen molar-refractivity contribution in [1.29, 1.82) is 0 Å². The maximum Gasteiger partial charge on any atom is 0.328 e. The summed E-state index contributed by atoms with van der Waals surface area (Å²) in [6.45, 7) is 2.19. The van der Waals surface area contributed by atoms with Gasteiger partial charge in [0, 0.05) is 15.8 Å². The molecule has 0 radical (unpaired) electrons. The summed E-state index contributed by atoms with van der Waals surface area (Å²) >= 11 is 1.68. The summed E-state index contributed by atoms with van der Waals surface area (Å²) in [7, 11) is 0. The average molecular weight is 224 g/mol. The fourth-order valence-electron chi connectivity index (χ4n) is 1.32. The number of hydrogen-bond acceptors (Lipinski definition) is 2. The third-order valence-electron chi connectivity index (χ3n) is 2.10. The van der Waals surface area contributed by atoms with Crippen molar-refractivity contribution in [1.82, 2.24) is 0 Å². The Morgan fingerprint density at radius 1 is 1.47 bits per heavy atom. The molecule has 3 heteroatoms. The lowest BCUT2D eigenvalue weighted by Gasteiger charge is -1.94. The van der Waals surface area contributed by atoms with Crippen molar-refractivity contribution >= 4 is 23.4 Å². The largest absolute Gasteiger partial charge is 0.478 e. The minimum atomic E-state index is -0.893. The Morgan fingerprint density at radius 3 is 2.93 bits per heavy atom. The third kappa shape index (κ3) is 4.79. The van der Waals surface area contributed by atoms with Crippen LogP contribution in [-0.2, 0) is 11.2 Å². The van der Waals surface area contributed by atoms with Crippen molar-refractivity contribution in [3.05, 3.63) is 28.0 Å². The Labute approximate surface area is 94.3 Å². The van der Waals surface area contributed by atoms with Gasteiger partial charge in [-0.2, -0.15) is 0 Å². The van der Waals surface area contributed by atoms with Gasteiger partial charge >= 0.3 is 5.97 Å². The molecule has 0 aromatic carbocycles. The number of carbonyl (C=O) groups is 1. The summed E-state index contributed by atoms with van der Waals surface area (Å²) in [6, 6.07) is 4.06. The van der Waals surface area contributed by atoms with Gasteiger partial charge in [-0.3, -0.25) is 0 Å². The van der Waals surface area contributed by atoms with Crippen molar-refractivity contribution in [2.24, 2.45) is 0 Å². The highest BCUT2D eigenvalue weighted by Crippen LogP contribution is 2.20. The first-order valence-corrected chi connectivity index (χ1v) is 6.03. The quantitative estimate of drug-likeness (QED) is 0.592. The number of aryl methyl sites for hydroxylation is 1. The molecule has 0 saturated heterocycles. The summed E-state index contributed by atoms with van der Waals surface area (Å²) in [5.74, 6) is -0.893. The third-order valence-corrected chi connectivity index (χ3v) is 3.21. The van der Waals surface area contributed by atoms with Crippen LogP contribution in [0.15, 0.2) is 18.2 Å². The highest BCUT2D eigenvalue weighted by atomic mass is 32.1. The van der Waals surface area contributed by atoms with Crippen LogP contribution in [0.4, 0.5) is 0 Å². The number of rotatable bonds is 6. The molecule has 0 bridgehead atoms. The van der Waals surface area contributed by atoms with Gasteiger partial charge in [-0.05, 0) is 31.1 Å². The molecule has 0 aliphatic carbocycles. The molecule has 0 saturated carbocycles. The summed E-state index contributed by atoms with van der Waals surface area (Å²) in [5.41, 5.74) is 0. The Morgan fingerprint density at radius 2 is 2.27 bits per heavy atom.